The van der Waals surface area contributed by atoms with E-state index in [9.17, 15) is 9.59 Å². The number of urea groups is 1. The van der Waals surface area contributed by atoms with Crippen LogP contribution in [0.5, 0.6) is 0 Å². The second kappa shape index (κ2) is 7.09. The number of nitrogens with one attached hydrogen (secondary N) is 3. The number of rotatable bonds is 3. The highest BCUT2D eigenvalue weighted by Gasteiger charge is 2.06. The van der Waals surface area contributed by atoms with Gasteiger partial charge in [0.2, 0.25) is 5.91 Å². The summed E-state index contributed by atoms with van der Waals surface area (Å²) in [6.07, 6.45) is 0. The fourth-order valence-electron chi connectivity index (χ4n) is 1.98. The van der Waals surface area contributed by atoms with E-state index in [4.69, 9.17) is 5.26 Å². The SMILES string of the molecule is CC(=O)Nc1cc(NC(=O)Nc2cccc(C#N)c2)ccc1C. The Kier molecular flexibility index (Phi) is 4.95. The molecule has 3 N–H and O–H groups in total. The molecule has 6 heteroatoms. The molecule has 3 amide bonds. The standard InChI is InChI=1S/C17H16N4O2/c1-11-6-7-15(9-16(11)19-12(2)22)21-17(23)20-14-5-3-4-13(8-14)10-18/h3-9H,1-2H3,(H,19,22)(H2,20,21,23). The molecule has 0 spiro atoms. The number of carbonyl (C=O) groups excluding carboxylic acids is 2. The Labute approximate surface area is 134 Å². The molecule has 0 saturated heterocycles. The van der Waals surface area contributed by atoms with Gasteiger partial charge in [0.15, 0.2) is 0 Å². The van der Waals surface area contributed by atoms with Gasteiger partial charge < -0.3 is 16.0 Å². The minimum atomic E-state index is -0.433. The molecule has 0 bridgehead atoms. The van der Waals surface area contributed by atoms with Gasteiger partial charge in [-0.2, -0.15) is 5.26 Å². The molecule has 0 aliphatic rings. The summed E-state index contributed by atoms with van der Waals surface area (Å²) in [6.45, 7) is 3.29. The number of amides is 3. The van der Waals surface area contributed by atoms with Crippen LogP contribution in [0.4, 0.5) is 21.9 Å². The maximum Gasteiger partial charge on any atom is 0.323 e. The van der Waals surface area contributed by atoms with Crippen LogP contribution in [0.2, 0.25) is 0 Å². The summed E-state index contributed by atoms with van der Waals surface area (Å²) in [6, 6.07) is 13.4. The van der Waals surface area contributed by atoms with E-state index in [1.54, 1.807) is 42.5 Å². The molecule has 0 atom stereocenters. The van der Waals surface area contributed by atoms with Crippen molar-refractivity contribution >= 4 is 29.0 Å². The Morgan fingerprint density at radius 3 is 2.35 bits per heavy atom. The number of anilines is 3. The van der Waals surface area contributed by atoms with E-state index in [0.717, 1.165) is 5.56 Å². The Bertz CT molecular complexity index is 793. The van der Waals surface area contributed by atoms with Crippen LogP contribution in [0.1, 0.15) is 18.1 Å². The largest absolute Gasteiger partial charge is 0.326 e. The molecule has 0 unspecified atom stereocenters. The number of hydrogen-bond acceptors (Lipinski definition) is 3. The summed E-state index contributed by atoms with van der Waals surface area (Å²) in [5, 5.41) is 16.9. The molecule has 23 heavy (non-hydrogen) atoms. The highest BCUT2D eigenvalue weighted by Crippen LogP contribution is 2.20. The average molecular weight is 308 g/mol. The third kappa shape index (κ3) is 4.58. The van der Waals surface area contributed by atoms with Gasteiger partial charge in [-0.1, -0.05) is 12.1 Å². The topological polar surface area (TPSA) is 94.0 Å². The Morgan fingerprint density at radius 1 is 1.00 bits per heavy atom. The first kappa shape index (κ1) is 16.0. The van der Waals surface area contributed by atoms with Crippen LogP contribution in [0.25, 0.3) is 0 Å². The maximum atomic E-state index is 12.0. The van der Waals surface area contributed by atoms with Gasteiger partial charge >= 0.3 is 6.03 Å². The highest BCUT2D eigenvalue weighted by atomic mass is 16.2. The molecule has 0 aliphatic heterocycles. The summed E-state index contributed by atoms with van der Waals surface area (Å²) < 4.78 is 0. The van der Waals surface area contributed by atoms with E-state index < -0.39 is 6.03 Å². The lowest BCUT2D eigenvalue weighted by Gasteiger charge is -2.11. The Morgan fingerprint density at radius 2 is 1.70 bits per heavy atom. The smallest absolute Gasteiger partial charge is 0.323 e. The van der Waals surface area contributed by atoms with Crippen molar-refractivity contribution in [1.82, 2.24) is 0 Å². The monoisotopic (exact) mass is 308 g/mol. The van der Waals surface area contributed by atoms with Crippen LogP contribution in [-0.2, 0) is 4.79 Å². The third-order valence-corrected chi connectivity index (χ3v) is 3.06. The molecule has 0 radical (unpaired) electrons. The predicted octanol–water partition coefficient (Wildman–Crippen LogP) is 3.47. The van der Waals surface area contributed by atoms with E-state index in [2.05, 4.69) is 16.0 Å². The zero-order valence-corrected chi connectivity index (χ0v) is 12.8. The first-order valence-corrected chi connectivity index (χ1v) is 6.94. The number of benzene rings is 2. The minimum absolute atomic E-state index is 0.178. The Hall–Kier alpha value is -3.33. The zero-order valence-electron chi connectivity index (χ0n) is 12.8. The maximum absolute atomic E-state index is 12.0. The molecule has 116 valence electrons. The summed E-state index contributed by atoms with van der Waals surface area (Å²) in [7, 11) is 0. The van der Waals surface area contributed by atoms with Crippen molar-refractivity contribution in [3.8, 4) is 6.07 Å². The van der Waals surface area contributed by atoms with Gasteiger partial charge in [-0.25, -0.2) is 4.79 Å². The molecule has 0 heterocycles. The van der Waals surface area contributed by atoms with Gasteiger partial charge in [-0.05, 0) is 42.8 Å². The van der Waals surface area contributed by atoms with Gasteiger partial charge in [0.25, 0.3) is 0 Å². The van der Waals surface area contributed by atoms with Gasteiger partial charge in [0, 0.05) is 24.0 Å². The minimum Gasteiger partial charge on any atom is -0.326 e. The number of hydrogen-bond donors (Lipinski definition) is 3. The predicted molar refractivity (Wildman–Crippen MR) is 89.3 cm³/mol. The Balaban J connectivity index is 2.08. The van der Waals surface area contributed by atoms with E-state index >= 15 is 0 Å². The molecule has 6 nitrogen and oxygen atoms in total. The molecule has 0 fully saturated rings. The van der Waals surface area contributed by atoms with Gasteiger partial charge in [-0.15, -0.1) is 0 Å². The molecule has 0 aromatic heterocycles. The van der Waals surface area contributed by atoms with Crippen LogP contribution >= 0.6 is 0 Å². The summed E-state index contributed by atoms with van der Waals surface area (Å²) in [4.78, 5) is 23.2. The fourth-order valence-corrected chi connectivity index (χ4v) is 1.98. The second-order valence-electron chi connectivity index (χ2n) is 4.98. The molecular formula is C17H16N4O2. The third-order valence-electron chi connectivity index (χ3n) is 3.06. The van der Waals surface area contributed by atoms with Crippen LogP contribution in [0.3, 0.4) is 0 Å². The second-order valence-corrected chi connectivity index (χ2v) is 4.98. The normalized spacial score (nSPS) is 9.61. The lowest BCUT2D eigenvalue weighted by atomic mass is 10.2. The van der Waals surface area contributed by atoms with E-state index in [1.165, 1.54) is 6.92 Å². The summed E-state index contributed by atoms with van der Waals surface area (Å²) in [5.41, 5.74) is 3.07. The van der Waals surface area contributed by atoms with Crippen molar-refractivity contribution in [3.05, 3.63) is 53.6 Å². The lowest BCUT2D eigenvalue weighted by molar-refractivity contribution is -0.114. The van der Waals surface area contributed by atoms with Crippen molar-refractivity contribution in [2.75, 3.05) is 16.0 Å². The fraction of sp³-hybridized carbons (Fsp3) is 0.118. The van der Waals surface area contributed by atoms with Crippen molar-refractivity contribution in [1.29, 1.82) is 5.26 Å². The first-order chi connectivity index (χ1) is 11.0. The van der Waals surface area contributed by atoms with Crippen LogP contribution in [0.15, 0.2) is 42.5 Å². The molecular weight excluding hydrogens is 292 g/mol. The average Bonchev–Trinajstić information content (AvgIpc) is 2.50. The molecule has 0 aliphatic carbocycles. The van der Waals surface area contributed by atoms with Crippen LogP contribution in [0, 0.1) is 18.3 Å². The van der Waals surface area contributed by atoms with E-state index in [-0.39, 0.29) is 5.91 Å². The molecule has 2 aromatic rings. The first-order valence-electron chi connectivity index (χ1n) is 6.94. The van der Waals surface area contributed by atoms with Gasteiger partial charge in [0.1, 0.15) is 0 Å². The number of nitrogens with zero attached hydrogens (tertiary/aromatic N) is 1. The van der Waals surface area contributed by atoms with Crippen molar-refractivity contribution < 1.29 is 9.59 Å². The zero-order chi connectivity index (χ0) is 16.8. The van der Waals surface area contributed by atoms with Crippen molar-refractivity contribution in [2.45, 2.75) is 13.8 Å². The van der Waals surface area contributed by atoms with Gasteiger partial charge in [0.05, 0.1) is 11.6 Å². The molecule has 2 aromatic carbocycles. The van der Waals surface area contributed by atoms with Gasteiger partial charge in [-0.3, -0.25) is 4.79 Å². The molecule has 0 saturated carbocycles. The number of carbonyl (C=O) groups is 2. The van der Waals surface area contributed by atoms with Crippen molar-refractivity contribution in [2.24, 2.45) is 0 Å². The van der Waals surface area contributed by atoms with E-state index in [1.807, 2.05) is 13.0 Å². The quantitative estimate of drug-likeness (QED) is 0.810. The number of aryl methyl sites for hydroxylation is 1. The van der Waals surface area contributed by atoms with Crippen LogP contribution < -0.4 is 16.0 Å². The lowest BCUT2D eigenvalue weighted by Crippen LogP contribution is -2.19. The molecule has 2 rings (SSSR count). The summed E-state index contributed by atoms with van der Waals surface area (Å²) >= 11 is 0. The van der Waals surface area contributed by atoms with E-state index in [0.29, 0.717) is 22.6 Å². The van der Waals surface area contributed by atoms with Crippen molar-refractivity contribution in [3.63, 3.8) is 0 Å². The summed E-state index contributed by atoms with van der Waals surface area (Å²) in [5.74, 6) is -0.178. The highest BCUT2D eigenvalue weighted by molar-refractivity contribution is 6.00. The number of nitriles is 1. The van der Waals surface area contributed by atoms with Crippen LogP contribution in [-0.4, -0.2) is 11.9 Å².